The Kier molecular flexibility index (Phi) is 5.22. The Bertz CT molecular complexity index is 1930. The van der Waals surface area contributed by atoms with Gasteiger partial charge in [-0.05, 0) is 26.0 Å². The quantitative estimate of drug-likeness (QED) is 0.335. The maximum absolute atomic E-state index is 12.8. The minimum atomic E-state index is -0.686. The molecule has 0 aliphatic carbocycles. The molecule has 4 rings (SSSR count). The molecule has 12 heteroatoms. The molecular formula is C22H13N9O3. The number of hydrogen-bond acceptors (Lipinski definition) is 7. The number of fused-ring (bicyclic) bond motifs is 2. The minimum absolute atomic E-state index is 0.00209. The Hall–Kier alpha value is -5.54. The number of aromatic amines is 2. The summed E-state index contributed by atoms with van der Waals surface area (Å²) in [5, 5.41) is 25.1. The molecule has 0 atom stereocenters. The van der Waals surface area contributed by atoms with Crippen LogP contribution in [0.3, 0.4) is 0 Å². The number of hydrogen-bond donors (Lipinski definition) is 2. The van der Waals surface area contributed by atoms with Crippen molar-refractivity contribution in [2.24, 2.45) is 0 Å². The molecule has 0 aliphatic heterocycles. The zero-order valence-electron chi connectivity index (χ0n) is 17.7. The van der Waals surface area contributed by atoms with Crippen molar-refractivity contribution < 1.29 is 0 Å². The smallest absolute Gasteiger partial charge is 0.285 e. The molecule has 0 amide bonds. The average molecular weight is 451 g/mol. The van der Waals surface area contributed by atoms with Crippen molar-refractivity contribution in [2.45, 2.75) is 13.8 Å². The number of allylic oxidation sites excluding steroid dienone is 3. The molecule has 0 bridgehead atoms. The Balaban J connectivity index is 1.74. The number of nitriles is 2. The van der Waals surface area contributed by atoms with Crippen molar-refractivity contribution in [3.05, 3.63) is 94.1 Å². The van der Waals surface area contributed by atoms with Gasteiger partial charge in [0.1, 0.15) is 22.9 Å². The lowest BCUT2D eigenvalue weighted by molar-refractivity contribution is 0.863. The van der Waals surface area contributed by atoms with E-state index >= 15 is 0 Å². The van der Waals surface area contributed by atoms with E-state index in [1.807, 2.05) is 12.1 Å². The lowest BCUT2D eigenvalue weighted by Gasteiger charge is -1.99. The normalized spacial score (nSPS) is 12.0. The summed E-state index contributed by atoms with van der Waals surface area (Å²) in [6, 6.07) is 3.76. The molecule has 12 nitrogen and oxygen atoms in total. The predicted octanol–water partition coefficient (Wildman–Crippen LogP) is 0.399. The number of nitrogens with one attached hydrogen (secondary N) is 2. The second kappa shape index (κ2) is 8.19. The standard InChI is InChI=1S/C22H13N9O3/c1-11-15(9-23)18-27-20(32)14(22(34)30(18)28-11)8-6-4-5-7-13-16(10-24)26-19-17(25-3)12(2)29-31(19)21(13)33/h4-8,29H,1-2H3,(H,27,32). The van der Waals surface area contributed by atoms with Gasteiger partial charge in [0.2, 0.25) is 0 Å². The zero-order chi connectivity index (χ0) is 24.6. The molecular weight excluding hydrogens is 438 g/mol. The third kappa shape index (κ3) is 3.27. The summed E-state index contributed by atoms with van der Waals surface area (Å²) >= 11 is 0. The maximum atomic E-state index is 12.8. The summed E-state index contributed by atoms with van der Waals surface area (Å²) in [5.74, 6) is 0. The molecule has 4 aromatic heterocycles. The Morgan fingerprint density at radius 2 is 1.85 bits per heavy atom. The van der Waals surface area contributed by atoms with Crippen molar-refractivity contribution in [1.29, 1.82) is 10.5 Å². The highest BCUT2D eigenvalue weighted by Gasteiger charge is 2.17. The van der Waals surface area contributed by atoms with Gasteiger partial charge >= 0.3 is 0 Å². The molecule has 0 radical (unpaired) electrons. The van der Waals surface area contributed by atoms with Crippen LogP contribution in [0.4, 0.5) is 5.69 Å². The lowest BCUT2D eigenvalue weighted by atomic mass is 10.2. The average Bonchev–Trinajstić information content (AvgIpc) is 3.31. The zero-order valence-corrected chi connectivity index (χ0v) is 17.7. The number of H-pyrrole nitrogens is 2. The fourth-order valence-electron chi connectivity index (χ4n) is 3.38. The first-order chi connectivity index (χ1) is 16.3. The van der Waals surface area contributed by atoms with Gasteiger partial charge in [-0.2, -0.15) is 20.1 Å². The highest BCUT2D eigenvalue weighted by atomic mass is 16.2. The Morgan fingerprint density at radius 1 is 1.09 bits per heavy atom. The van der Waals surface area contributed by atoms with Crippen LogP contribution in [0.1, 0.15) is 28.2 Å². The highest BCUT2D eigenvalue weighted by Crippen LogP contribution is 2.22. The summed E-state index contributed by atoms with van der Waals surface area (Å²) in [5.41, 5.74) is -0.927. The van der Waals surface area contributed by atoms with Crippen LogP contribution in [0.2, 0.25) is 0 Å². The van der Waals surface area contributed by atoms with Crippen molar-refractivity contribution in [2.75, 3.05) is 0 Å². The Labute approximate surface area is 189 Å². The van der Waals surface area contributed by atoms with Gasteiger partial charge < -0.3 is 10.1 Å². The Morgan fingerprint density at radius 3 is 2.53 bits per heavy atom. The molecule has 0 aromatic carbocycles. The number of aryl methyl sites for hydroxylation is 2. The first kappa shape index (κ1) is 21.7. The summed E-state index contributed by atoms with van der Waals surface area (Å²) in [7, 11) is 0. The molecule has 4 heterocycles. The van der Waals surface area contributed by atoms with Gasteiger partial charge in [0.15, 0.2) is 17.0 Å². The molecule has 164 valence electrons. The molecule has 0 fully saturated rings. The van der Waals surface area contributed by atoms with Gasteiger partial charge in [0, 0.05) is 5.69 Å². The van der Waals surface area contributed by atoms with Gasteiger partial charge in [-0.3, -0.25) is 14.4 Å². The summed E-state index contributed by atoms with van der Waals surface area (Å²) < 4.78 is 2.06. The van der Waals surface area contributed by atoms with Crippen molar-refractivity contribution in [1.82, 2.24) is 29.2 Å². The van der Waals surface area contributed by atoms with E-state index in [0.29, 0.717) is 11.4 Å². The SMILES string of the molecule is [C-]#[N+]c1c(C)[nH]n2c(=O)c(C=CC=CC=c3c(=O)[nH]c4c(C#N)c(C)nn4c3=O)c(C#N)nc12. The third-order valence-electron chi connectivity index (χ3n) is 5.00. The van der Waals surface area contributed by atoms with Crippen LogP contribution < -0.4 is 21.9 Å². The van der Waals surface area contributed by atoms with Gasteiger partial charge in [-0.15, -0.1) is 0 Å². The fraction of sp³-hybridized carbons (Fsp3) is 0.0909. The van der Waals surface area contributed by atoms with E-state index in [2.05, 4.69) is 25.0 Å². The number of rotatable bonds is 3. The van der Waals surface area contributed by atoms with Crippen LogP contribution in [-0.2, 0) is 0 Å². The van der Waals surface area contributed by atoms with Crippen LogP contribution in [0.25, 0.3) is 28.3 Å². The molecule has 34 heavy (non-hydrogen) atoms. The van der Waals surface area contributed by atoms with Gasteiger partial charge in [0.05, 0.1) is 17.8 Å². The fourth-order valence-corrected chi connectivity index (χ4v) is 3.38. The van der Waals surface area contributed by atoms with Crippen LogP contribution in [0.15, 0.2) is 32.6 Å². The molecule has 2 N–H and O–H groups in total. The third-order valence-corrected chi connectivity index (χ3v) is 5.00. The van der Waals surface area contributed by atoms with E-state index in [-0.39, 0.29) is 39.0 Å². The van der Waals surface area contributed by atoms with E-state index in [1.54, 1.807) is 13.8 Å². The van der Waals surface area contributed by atoms with Gasteiger partial charge in [0.25, 0.3) is 22.4 Å². The maximum Gasteiger partial charge on any atom is 0.285 e. The minimum Gasteiger partial charge on any atom is -0.305 e. The van der Waals surface area contributed by atoms with Crippen LogP contribution in [0, 0.1) is 43.1 Å². The molecule has 4 aromatic rings. The van der Waals surface area contributed by atoms with Gasteiger partial charge in [-0.25, -0.2) is 14.3 Å². The first-order valence-electron chi connectivity index (χ1n) is 9.66. The second-order valence-corrected chi connectivity index (χ2v) is 7.06. The monoisotopic (exact) mass is 451 g/mol. The molecule has 0 unspecified atom stereocenters. The number of aromatic nitrogens is 6. The van der Waals surface area contributed by atoms with E-state index in [0.717, 1.165) is 9.03 Å². The second-order valence-electron chi connectivity index (χ2n) is 7.06. The van der Waals surface area contributed by atoms with Crippen LogP contribution in [0.5, 0.6) is 0 Å². The van der Waals surface area contributed by atoms with Crippen molar-refractivity contribution >= 4 is 29.1 Å². The lowest BCUT2D eigenvalue weighted by Crippen LogP contribution is -2.44. The highest BCUT2D eigenvalue weighted by molar-refractivity contribution is 5.73. The van der Waals surface area contributed by atoms with E-state index in [9.17, 15) is 24.9 Å². The van der Waals surface area contributed by atoms with Crippen LogP contribution in [-0.4, -0.2) is 29.2 Å². The van der Waals surface area contributed by atoms with Crippen molar-refractivity contribution in [3.8, 4) is 12.1 Å². The first-order valence-corrected chi connectivity index (χ1v) is 9.66. The topological polar surface area (TPSA) is 169 Å². The van der Waals surface area contributed by atoms with E-state index < -0.39 is 16.7 Å². The van der Waals surface area contributed by atoms with Crippen LogP contribution >= 0.6 is 0 Å². The summed E-state index contributed by atoms with van der Waals surface area (Å²) in [6.45, 7) is 10.4. The summed E-state index contributed by atoms with van der Waals surface area (Å²) in [6.07, 6.45) is 6.93. The largest absolute Gasteiger partial charge is 0.305 e. The van der Waals surface area contributed by atoms with Crippen molar-refractivity contribution in [3.63, 3.8) is 0 Å². The molecule has 0 aliphatic rings. The molecule has 0 spiro atoms. The summed E-state index contributed by atoms with van der Waals surface area (Å²) in [4.78, 5) is 47.6. The molecule has 0 saturated carbocycles. The van der Waals surface area contributed by atoms with Gasteiger partial charge in [-0.1, -0.05) is 18.2 Å². The number of nitrogens with zero attached hydrogens (tertiary/aromatic N) is 7. The molecule has 0 saturated heterocycles. The van der Waals surface area contributed by atoms with E-state index in [1.165, 1.54) is 30.4 Å². The van der Waals surface area contributed by atoms with E-state index in [4.69, 9.17) is 6.57 Å². The predicted molar refractivity (Wildman–Crippen MR) is 121 cm³/mol.